The molecule has 1 N–H and O–H groups in total. The van der Waals surface area contributed by atoms with Gasteiger partial charge < -0.3 is 5.32 Å². The molecule has 1 saturated carbocycles. The van der Waals surface area contributed by atoms with E-state index in [0.29, 0.717) is 0 Å². The molecule has 0 heterocycles. The molecule has 1 fully saturated rings. The summed E-state index contributed by atoms with van der Waals surface area (Å²) in [6, 6.07) is 0. The first-order valence-electron chi connectivity index (χ1n) is 5.53. The van der Waals surface area contributed by atoms with E-state index in [4.69, 9.17) is 0 Å². The van der Waals surface area contributed by atoms with Crippen LogP contribution in [0.2, 0.25) is 0 Å². The Labute approximate surface area is 82.6 Å². The zero-order valence-corrected chi connectivity index (χ0v) is 9.10. The second-order valence-corrected chi connectivity index (χ2v) is 4.73. The summed E-state index contributed by atoms with van der Waals surface area (Å²) in [5.74, 6) is 1.87. The summed E-state index contributed by atoms with van der Waals surface area (Å²) in [6.45, 7) is 10.5. The molecule has 13 heavy (non-hydrogen) atoms. The van der Waals surface area contributed by atoms with E-state index >= 15 is 0 Å². The molecule has 0 aliphatic heterocycles. The second kappa shape index (κ2) is 5.43. The predicted octanol–water partition coefficient (Wildman–Crippen LogP) is 2.98. The molecule has 1 nitrogen and oxygen atoms in total. The molecule has 0 radical (unpaired) electrons. The molecule has 0 aromatic rings. The van der Waals surface area contributed by atoms with Crippen LogP contribution in [0.5, 0.6) is 0 Å². The molecule has 0 saturated heterocycles. The van der Waals surface area contributed by atoms with Crippen molar-refractivity contribution in [3.63, 3.8) is 0 Å². The van der Waals surface area contributed by atoms with E-state index in [0.717, 1.165) is 18.4 Å². The Hall–Kier alpha value is -0.300. The van der Waals surface area contributed by atoms with E-state index in [2.05, 4.69) is 25.7 Å². The third-order valence-corrected chi connectivity index (χ3v) is 2.90. The fourth-order valence-electron chi connectivity index (χ4n) is 2.23. The van der Waals surface area contributed by atoms with Gasteiger partial charge in [0.25, 0.3) is 0 Å². The lowest BCUT2D eigenvalue weighted by Gasteiger charge is -2.26. The summed E-state index contributed by atoms with van der Waals surface area (Å²) in [7, 11) is 0. The third-order valence-electron chi connectivity index (χ3n) is 2.90. The van der Waals surface area contributed by atoms with Gasteiger partial charge in [0.1, 0.15) is 0 Å². The topological polar surface area (TPSA) is 12.0 Å². The van der Waals surface area contributed by atoms with Gasteiger partial charge in [-0.1, -0.05) is 31.9 Å². The zero-order chi connectivity index (χ0) is 9.68. The molecule has 1 aliphatic carbocycles. The minimum Gasteiger partial charge on any atom is -0.313 e. The van der Waals surface area contributed by atoms with E-state index in [1.165, 1.54) is 37.8 Å². The van der Waals surface area contributed by atoms with Crippen LogP contribution in [0.1, 0.15) is 39.5 Å². The third kappa shape index (κ3) is 4.47. The maximum absolute atomic E-state index is 3.89. The molecule has 0 aromatic carbocycles. The van der Waals surface area contributed by atoms with Crippen molar-refractivity contribution in [1.29, 1.82) is 0 Å². The minimum absolute atomic E-state index is 0.920. The van der Waals surface area contributed by atoms with Gasteiger partial charge in [-0.05, 0) is 38.1 Å². The van der Waals surface area contributed by atoms with Crippen LogP contribution >= 0.6 is 0 Å². The summed E-state index contributed by atoms with van der Waals surface area (Å²) in [6.07, 6.45) is 5.72. The van der Waals surface area contributed by atoms with Gasteiger partial charge in [0.15, 0.2) is 0 Å². The predicted molar refractivity (Wildman–Crippen MR) is 58.8 cm³/mol. The Morgan fingerprint density at radius 3 is 2.85 bits per heavy atom. The summed E-state index contributed by atoms with van der Waals surface area (Å²) in [5.41, 5.74) is 1.24. The molecule has 2 atom stereocenters. The van der Waals surface area contributed by atoms with Gasteiger partial charge in [-0.25, -0.2) is 0 Å². The molecule has 76 valence electrons. The van der Waals surface area contributed by atoms with Crippen LogP contribution in [0.4, 0.5) is 0 Å². The average Bonchev–Trinajstić information content (AvgIpc) is 2.03. The molecular weight excluding hydrogens is 158 g/mol. The van der Waals surface area contributed by atoms with Gasteiger partial charge in [0.2, 0.25) is 0 Å². The SMILES string of the molecule is C=C(C)CNCC1CCCC(C)C1. The molecule has 0 amide bonds. The van der Waals surface area contributed by atoms with Crippen molar-refractivity contribution >= 4 is 0 Å². The van der Waals surface area contributed by atoms with Crippen LogP contribution in [-0.2, 0) is 0 Å². The minimum atomic E-state index is 0.920. The van der Waals surface area contributed by atoms with Crippen molar-refractivity contribution in [2.75, 3.05) is 13.1 Å². The van der Waals surface area contributed by atoms with E-state index in [1.54, 1.807) is 0 Å². The normalized spacial score (nSPS) is 28.8. The van der Waals surface area contributed by atoms with Crippen molar-refractivity contribution in [2.45, 2.75) is 39.5 Å². The number of hydrogen-bond acceptors (Lipinski definition) is 1. The molecule has 1 heteroatoms. The Morgan fingerprint density at radius 1 is 1.46 bits per heavy atom. The standard InChI is InChI=1S/C12H23N/c1-10(2)8-13-9-12-6-4-5-11(3)7-12/h11-13H,1,4-9H2,2-3H3. The fraction of sp³-hybridized carbons (Fsp3) is 0.833. The maximum atomic E-state index is 3.89. The van der Waals surface area contributed by atoms with Crippen molar-refractivity contribution in [1.82, 2.24) is 5.32 Å². The highest BCUT2D eigenvalue weighted by atomic mass is 14.9. The van der Waals surface area contributed by atoms with Crippen LogP contribution in [0.25, 0.3) is 0 Å². The van der Waals surface area contributed by atoms with Gasteiger partial charge in [-0.15, -0.1) is 0 Å². The summed E-state index contributed by atoms with van der Waals surface area (Å²) >= 11 is 0. The van der Waals surface area contributed by atoms with Gasteiger partial charge in [-0.2, -0.15) is 0 Å². The van der Waals surface area contributed by atoms with Crippen molar-refractivity contribution in [3.8, 4) is 0 Å². The number of hydrogen-bond donors (Lipinski definition) is 1. The molecule has 0 aromatic heterocycles. The Balaban J connectivity index is 2.10. The monoisotopic (exact) mass is 181 g/mol. The summed E-state index contributed by atoms with van der Waals surface area (Å²) < 4.78 is 0. The lowest BCUT2D eigenvalue weighted by Crippen LogP contribution is -2.27. The first-order valence-corrected chi connectivity index (χ1v) is 5.53. The first kappa shape index (κ1) is 10.8. The average molecular weight is 181 g/mol. The molecule has 1 aliphatic rings. The van der Waals surface area contributed by atoms with E-state index in [1.807, 2.05) is 0 Å². The van der Waals surface area contributed by atoms with E-state index < -0.39 is 0 Å². The van der Waals surface area contributed by atoms with Crippen molar-refractivity contribution in [3.05, 3.63) is 12.2 Å². The second-order valence-electron chi connectivity index (χ2n) is 4.73. The Morgan fingerprint density at radius 2 is 2.23 bits per heavy atom. The number of rotatable bonds is 4. The highest BCUT2D eigenvalue weighted by molar-refractivity contribution is 4.90. The van der Waals surface area contributed by atoms with E-state index in [-0.39, 0.29) is 0 Å². The van der Waals surface area contributed by atoms with Gasteiger partial charge >= 0.3 is 0 Å². The molecule has 0 spiro atoms. The van der Waals surface area contributed by atoms with Crippen LogP contribution < -0.4 is 5.32 Å². The lowest BCUT2D eigenvalue weighted by molar-refractivity contribution is 0.276. The number of nitrogens with one attached hydrogen (secondary N) is 1. The molecule has 2 unspecified atom stereocenters. The fourth-order valence-corrected chi connectivity index (χ4v) is 2.23. The highest BCUT2D eigenvalue weighted by Crippen LogP contribution is 2.27. The largest absolute Gasteiger partial charge is 0.313 e. The van der Waals surface area contributed by atoms with Crippen LogP contribution in [0, 0.1) is 11.8 Å². The van der Waals surface area contributed by atoms with Crippen LogP contribution in [0.3, 0.4) is 0 Å². The van der Waals surface area contributed by atoms with Crippen LogP contribution in [-0.4, -0.2) is 13.1 Å². The first-order chi connectivity index (χ1) is 6.18. The lowest BCUT2D eigenvalue weighted by atomic mass is 9.82. The van der Waals surface area contributed by atoms with E-state index in [9.17, 15) is 0 Å². The quantitative estimate of drug-likeness (QED) is 0.657. The maximum Gasteiger partial charge on any atom is 0.0159 e. The smallest absolute Gasteiger partial charge is 0.0159 e. The highest BCUT2D eigenvalue weighted by Gasteiger charge is 2.17. The van der Waals surface area contributed by atoms with Gasteiger partial charge in [0.05, 0.1) is 0 Å². The van der Waals surface area contributed by atoms with Crippen molar-refractivity contribution < 1.29 is 0 Å². The van der Waals surface area contributed by atoms with Gasteiger partial charge in [0, 0.05) is 6.54 Å². The Bertz CT molecular complexity index is 163. The Kier molecular flexibility index (Phi) is 4.51. The molecular formula is C12H23N. The van der Waals surface area contributed by atoms with Gasteiger partial charge in [-0.3, -0.25) is 0 Å². The van der Waals surface area contributed by atoms with Crippen LogP contribution in [0.15, 0.2) is 12.2 Å². The van der Waals surface area contributed by atoms with Crippen molar-refractivity contribution in [2.24, 2.45) is 11.8 Å². The molecule has 1 rings (SSSR count). The zero-order valence-electron chi connectivity index (χ0n) is 9.10. The molecule has 0 bridgehead atoms. The summed E-state index contributed by atoms with van der Waals surface area (Å²) in [4.78, 5) is 0. The summed E-state index contributed by atoms with van der Waals surface area (Å²) in [5, 5.41) is 3.48.